The molecule has 0 aromatic carbocycles. The van der Waals surface area contributed by atoms with Gasteiger partial charge in [-0.3, -0.25) is 14.9 Å². The lowest BCUT2D eigenvalue weighted by atomic mass is 9.92. The summed E-state index contributed by atoms with van der Waals surface area (Å²) in [6.07, 6.45) is 7.85. The predicted octanol–water partition coefficient (Wildman–Crippen LogP) is 3.30. The summed E-state index contributed by atoms with van der Waals surface area (Å²) in [4.78, 5) is 12.5. The van der Waals surface area contributed by atoms with Crippen LogP contribution >= 0.6 is 11.3 Å². The second kappa shape index (κ2) is 6.46. The van der Waals surface area contributed by atoms with Gasteiger partial charge in [-0.25, -0.2) is 0 Å². The van der Waals surface area contributed by atoms with Crippen LogP contribution in [0.3, 0.4) is 0 Å². The molecule has 0 N–H and O–H groups in total. The Kier molecular flexibility index (Phi) is 4.43. The molecule has 1 atom stereocenters. The molecule has 2 aromatic rings. The minimum absolute atomic E-state index is 0.765. The van der Waals surface area contributed by atoms with Crippen molar-refractivity contribution >= 4 is 11.3 Å². The number of aromatic nitrogens is 2. The van der Waals surface area contributed by atoms with Crippen LogP contribution < -0.4 is 0 Å². The third-order valence-electron chi connectivity index (χ3n) is 3.96. The number of rotatable bonds is 4. The molecule has 3 rings (SSSR count). The molecule has 0 bridgehead atoms. The third kappa shape index (κ3) is 3.64. The maximum atomic E-state index is 4.40. The number of thiazole rings is 1. The topological polar surface area (TPSA) is 29.0 Å². The van der Waals surface area contributed by atoms with Crippen molar-refractivity contribution in [2.45, 2.75) is 32.7 Å². The van der Waals surface area contributed by atoms with Crippen LogP contribution in [0.15, 0.2) is 30.0 Å². The summed E-state index contributed by atoms with van der Waals surface area (Å²) >= 11 is 1.76. The highest BCUT2D eigenvalue weighted by Gasteiger charge is 2.20. The van der Waals surface area contributed by atoms with Gasteiger partial charge in [-0.2, -0.15) is 0 Å². The second-order valence-corrected chi connectivity index (χ2v) is 6.69. The molecule has 2 aromatic heterocycles. The first-order valence-corrected chi connectivity index (χ1v) is 8.19. The highest BCUT2D eigenvalue weighted by molar-refractivity contribution is 7.09. The number of pyridine rings is 1. The summed E-state index contributed by atoms with van der Waals surface area (Å²) in [6.45, 7) is 5.53. The molecule has 0 radical (unpaired) electrons. The van der Waals surface area contributed by atoms with Gasteiger partial charge < -0.3 is 0 Å². The standard InChI is InChI=1S/C16H21N3S/c1-13-4-5-14(8-18-13)7-15-3-2-6-19(10-15)11-16-9-17-12-20-16/h4-5,8-9,12,15H,2-3,6-7,10-11H2,1H3/t15-/m1/s1. The number of nitrogens with zero attached hydrogens (tertiary/aromatic N) is 3. The van der Waals surface area contributed by atoms with E-state index >= 15 is 0 Å². The fourth-order valence-electron chi connectivity index (χ4n) is 2.95. The molecule has 0 unspecified atom stereocenters. The van der Waals surface area contributed by atoms with E-state index in [0.717, 1.165) is 24.6 Å². The van der Waals surface area contributed by atoms with E-state index in [9.17, 15) is 0 Å². The molecule has 20 heavy (non-hydrogen) atoms. The Hall–Kier alpha value is -1.26. The fraction of sp³-hybridized carbons (Fsp3) is 0.500. The molecular weight excluding hydrogens is 266 g/mol. The Morgan fingerprint density at radius 1 is 1.35 bits per heavy atom. The summed E-state index contributed by atoms with van der Waals surface area (Å²) in [5.74, 6) is 0.765. The summed E-state index contributed by atoms with van der Waals surface area (Å²) in [5, 5.41) is 0. The van der Waals surface area contributed by atoms with Crippen LogP contribution in [-0.4, -0.2) is 28.0 Å². The van der Waals surface area contributed by atoms with Crippen molar-refractivity contribution in [3.05, 3.63) is 46.2 Å². The Morgan fingerprint density at radius 3 is 3.05 bits per heavy atom. The van der Waals surface area contributed by atoms with E-state index in [1.807, 2.05) is 24.8 Å². The maximum Gasteiger partial charge on any atom is 0.0794 e. The summed E-state index contributed by atoms with van der Waals surface area (Å²) in [5.41, 5.74) is 4.40. The zero-order valence-electron chi connectivity index (χ0n) is 12.0. The zero-order valence-corrected chi connectivity index (χ0v) is 12.8. The number of hydrogen-bond donors (Lipinski definition) is 0. The van der Waals surface area contributed by atoms with E-state index in [0.29, 0.717) is 0 Å². The Morgan fingerprint density at radius 2 is 2.30 bits per heavy atom. The number of hydrogen-bond acceptors (Lipinski definition) is 4. The molecular formula is C16H21N3S. The van der Waals surface area contributed by atoms with Crippen LogP contribution in [0.4, 0.5) is 0 Å². The third-order valence-corrected chi connectivity index (χ3v) is 4.73. The van der Waals surface area contributed by atoms with E-state index < -0.39 is 0 Å². The lowest BCUT2D eigenvalue weighted by molar-refractivity contribution is 0.168. The van der Waals surface area contributed by atoms with Crippen molar-refractivity contribution in [1.29, 1.82) is 0 Å². The van der Waals surface area contributed by atoms with Crippen molar-refractivity contribution < 1.29 is 0 Å². The summed E-state index contributed by atoms with van der Waals surface area (Å²) < 4.78 is 0. The molecule has 3 heterocycles. The van der Waals surface area contributed by atoms with Crippen LogP contribution in [0.25, 0.3) is 0 Å². The lowest BCUT2D eigenvalue weighted by Crippen LogP contribution is -2.35. The van der Waals surface area contributed by atoms with Gasteiger partial charge in [-0.15, -0.1) is 11.3 Å². The molecule has 3 nitrogen and oxygen atoms in total. The molecule has 0 aliphatic carbocycles. The normalized spacial score (nSPS) is 20.1. The van der Waals surface area contributed by atoms with Gasteiger partial charge in [0.2, 0.25) is 0 Å². The Balaban J connectivity index is 1.56. The summed E-state index contributed by atoms with van der Waals surface area (Å²) in [7, 11) is 0. The quantitative estimate of drug-likeness (QED) is 0.864. The van der Waals surface area contributed by atoms with E-state index in [1.54, 1.807) is 11.3 Å². The van der Waals surface area contributed by atoms with Gasteiger partial charge >= 0.3 is 0 Å². The lowest BCUT2D eigenvalue weighted by Gasteiger charge is -2.32. The fourth-order valence-corrected chi connectivity index (χ4v) is 3.59. The molecule has 0 spiro atoms. The average Bonchev–Trinajstić information content (AvgIpc) is 2.95. The van der Waals surface area contributed by atoms with Gasteiger partial charge in [0.25, 0.3) is 0 Å². The van der Waals surface area contributed by atoms with Crippen molar-refractivity contribution in [2.24, 2.45) is 5.92 Å². The van der Waals surface area contributed by atoms with Gasteiger partial charge in [0.1, 0.15) is 0 Å². The van der Waals surface area contributed by atoms with E-state index in [-0.39, 0.29) is 0 Å². The van der Waals surface area contributed by atoms with Crippen LogP contribution in [0.1, 0.15) is 29.0 Å². The molecule has 1 aliphatic heterocycles. The molecule has 1 saturated heterocycles. The average molecular weight is 287 g/mol. The van der Waals surface area contributed by atoms with Crippen LogP contribution in [0.5, 0.6) is 0 Å². The Labute approximate surface area is 124 Å². The van der Waals surface area contributed by atoms with Gasteiger partial charge in [-0.1, -0.05) is 6.07 Å². The molecule has 106 valence electrons. The maximum absolute atomic E-state index is 4.40. The largest absolute Gasteiger partial charge is 0.298 e. The number of aryl methyl sites for hydroxylation is 1. The molecule has 1 fully saturated rings. The van der Waals surface area contributed by atoms with E-state index in [2.05, 4.69) is 27.0 Å². The minimum atomic E-state index is 0.765. The van der Waals surface area contributed by atoms with Gasteiger partial charge in [-0.05, 0) is 50.3 Å². The molecule has 0 amide bonds. The SMILES string of the molecule is Cc1ccc(C[C@H]2CCCN(Cc3cncs3)C2)cn1. The van der Waals surface area contributed by atoms with Crippen LogP contribution in [-0.2, 0) is 13.0 Å². The highest BCUT2D eigenvalue weighted by Crippen LogP contribution is 2.22. The summed E-state index contributed by atoms with van der Waals surface area (Å²) in [6, 6.07) is 4.34. The van der Waals surface area contributed by atoms with Crippen molar-refractivity contribution in [3.63, 3.8) is 0 Å². The molecule has 0 saturated carbocycles. The number of likely N-dealkylation sites (tertiary alicyclic amines) is 1. The first-order valence-electron chi connectivity index (χ1n) is 7.31. The van der Waals surface area contributed by atoms with Gasteiger partial charge in [0.05, 0.1) is 5.51 Å². The predicted molar refractivity (Wildman–Crippen MR) is 82.8 cm³/mol. The first kappa shape index (κ1) is 13.7. The first-order chi connectivity index (χ1) is 9.79. The van der Waals surface area contributed by atoms with Crippen molar-refractivity contribution in [2.75, 3.05) is 13.1 Å². The van der Waals surface area contributed by atoms with E-state index in [4.69, 9.17) is 0 Å². The van der Waals surface area contributed by atoms with Crippen LogP contribution in [0, 0.1) is 12.8 Å². The van der Waals surface area contributed by atoms with Crippen molar-refractivity contribution in [3.8, 4) is 0 Å². The van der Waals surface area contributed by atoms with Gasteiger partial charge in [0.15, 0.2) is 0 Å². The minimum Gasteiger partial charge on any atom is -0.298 e. The highest BCUT2D eigenvalue weighted by atomic mass is 32.1. The van der Waals surface area contributed by atoms with Gasteiger partial charge in [0, 0.05) is 36.1 Å². The molecule has 1 aliphatic rings. The molecule has 4 heteroatoms. The number of piperidine rings is 1. The van der Waals surface area contributed by atoms with Crippen molar-refractivity contribution in [1.82, 2.24) is 14.9 Å². The zero-order chi connectivity index (χ0) is 13.8. The monoisotopic (exact) mass is 287 g/mol. The second-order valence-electron chi connectivity index (χ2n) is 5.72. The smallest absolute Gasteiger partial charge is 0.0794 e. The van der Waals surface area contributed by atoms with E-state index in [1.165, 1.54) is 36.4 Å². The van der Waals surface area contributed by atoms with Crippen LogP contribution in [0.2, 0.25) is 0 Å². The Bertz CT molecular complexity index is 521.